The third-order valence-electron chi connectivity index (χ3n) is 3.69. The Morgan fingerprint density at radius 1 is 1.47 bits per heavy atom. The maximum atomic E-state index is 5.44. The van der Waals surface area contributed by atoms with Gasteiger partial charge in [0.1, 0.15) is 0 Å². The van der Waals surface area contributed by atoms with E-state index in [0.717, 1.165) is 13.0 Å². The fraction of sp³-hybridized carbons (Fsp3) is 0.643. The fourth-order valence-corrected chi connectivity index (χ4v) is 2.48. The van der Waals surface area contributed by atoms with Gasteiger partial charge in [0, 0.05) is 32.1 Å². The number of nitrogens with zero attached hydrogens (tertiary/aromatic N) is 1. The predicted octanol–water partition coefficient (Wildman–Crippen LogP) is 2.44. The molecule has 1 N–H and O–H groups in total. The van der Waals surface area contributed by atoms with Gasteiger partial charge in [0.05, 0.1) is 6.10 Å². The van der Waals surface area contributed by atoms with E-state index >= 15 is 0 Å². The van der Waals surface area contributed by atoms with E-state index < -0.39 is 0 Å². The second kappa shape index (κ2) is 6.12. The van der Waals surface area contributed by atoms with Gasteiger partial charge in [-0.2, -0.15) is 0 Å². The molecule has 1 aromatic rings. The molecule has 0 radical (unpaired) electrons. The Labute approximate surface area is 104 Å². The van der Waals surface area contributed by atoms with Crippen LogP contribution in [0.5, 0.6) is 0 Å². The Kier molecular flexibility index (Phi) is 4.51. The van der Waals surface area contributed by atoms with E-state index in [1.807, 2.05) is 19.5 Å². The minimum absolute atomic E-state index is 0.441. The number of nitrogens with one attached hydrogen (secondary N) is 1. The number of ether oxygens (including phenoxy) is 1. The van der Waals surface area contributed by atoms with Gasteiger partial charge in [0.15, 0.2) is 0 Å². The minimum Gasteiger partial charge on any atom is -0.381 e. The molecular weight excluding hydrogens is 212 g/mol. The topological polar surface area (TPSA) is 34.1 Å². The lowest BCUT2D eigenvalue weighted by Crippen LogP contribution is -2.36. The molecule has 2 atom stereocenters. The molecule has 0 amide bonds. The van der Waals surface area contributed by atoms with E-state index in [9.17, 15) is 0 Å². The Bertz CT molecular complexity index is 354. The van der Waals surface area contributed by atoms with Gasteiger partial charge in [0.25, 0.3) is 0 Å². The number of pyridine rings is 1. The third-order valence-corrected chi connectivity index (χ3v) is 3.69. The van der Waals surface area contributed by atoms with Gasteiger partial charge < -0.3 is 10.1 Å². The molecule has 3 heteroatoms. The van der Waals surface area contributed by atoms with E-state index in [4.69, 9.17) is 4.74 Å². The number of aromatic nitrogens is 1. The van der Waals surface area contributed by atoms with Gasteiger partial charge >= 0.3 is 0 Å². The molecule has 0 saturated heterocycles. The Hall–Kier alpha value is -0.930. The molecule has 94 valence electrons. The molecule has 1 fully saturated rings. The number of rotatable bonds is 4. The van der Waals surface area contributed by atoms with Crippen LogP contribution in [0.15, 0.2) is 18.5 Å². The van der Waals surface area contributed by atoms with Crippen LogP contribution in [0.4, 0.5) is 0 Å². The van der Waals surface area contributed by atoms with Crippen LogP contribution >= 0.6 is 0 Å². The summed E-state index contributed by atoms with van der Waals surface area (Å²) in [6.45, 7) is 3.05. The van der Waals surface area contributed by atoms with Crippen LogP contribution in [0.3, 0.4) is 0 Å². The Morgan fingerprint density at radius 2 is 2.35 bits per heavy atom. The van der Waals surface area contributed by atoms with Gasteiger partial charge in [-0.05, 0) is 49.8 Å². The normalized spacial score (nSPS) is 24.8. The molecule has 0 aromatic carbocycles. The first-order valence-corrected chi connectivity index (χ1v) is 6.45. The van der Waals surface area contributed by atoms with E-state index in [2.05, 4.69) is 23.3 Å². The van der Waals surface area contributed by atoms with E-state index in [1.165, 1.54) is 30.4 Å². The first-order valence-electron chi connectivity index (χ1n) is 6.45. The van der Waals surface area contributed by atoms with E-state index in [1.54, 1.807) is 0 Å². The van der Waals surface area contributed by atoms with Crippen LogP contribution < -0.4 is 5.32 Å². The highest BCUT2D eigenvalue weighted by molar-refractivity contribution is 5.21. The maximum absolute atomic E-state index is 5.44. The SMILES string of the molecule is COC1CCCC(NCc2cnccc2C)C1. The molecule has 0 aliphatic heterocycles. The molecule has 1 saturated carbocycles. The smallest absolute Gasteiger partial charge is 0.0586 e. The lowest BCUT2D eigenvalue weighted by Gasteiger charge is -2.29. The van der Waals surface area contributed by atoms with Crippen molar-refractivity contribution in [3.63, 3.8) is 0 Å². The van der Waals surface area contributed by atoms with Gasteiger partial charge in [-0.1, -0.05) is 0 Å². The summed E-state index contributed by atoms with van der Waals surface area (Å²) in [6, 6.07) is 2.66. The zero-order chi connectivity index (χ0) is 12.1. The van der Waals surface area contributed by atoms with Crippen molar-refractivity contribution in [2.45, 2.75) is 51.3 Å². The summed E-state index contributed by atoms with van der Waals surface area (Å²) >= 11 is 0. The van der Waals surface area contributed by atoms with Crippen molar-refractivity contribution in [1.29, 1.82) is 0 Å². The van der Waals surface area contributed by atoms with Crippen molar-refractivity contribution in [3.05, 3.63) is 29.6 Å². The second-order valence-corrected chi connectivity index (χ2v) is 4.90. The Morgan fingerprint density at radius 3 is 3.12 bits per heavy atom. The summed E-state index contributed by atoms with van der Waals surface area (Å²) in [4.78, 5) is 4.18. The summed E-state index contributed by atoms with van der Waals surface area (Å²) < 4.78 is 5.44. The minimum atomic E-state index is 0.441. The van der Waals surface area contributed by atoms with Crippen molar-refractivity contribution < 1.29 is 4.74 Å². The summed E-state index contributed by atoms with van der Waals surface area (Å²) in [7, 11) is 1.82. The van der Waals surface area contributed by atoms with Crippen LogP contribution in [0.25, 0.3) is 0 Å². The Balaban J connectivity index is 1.84. The van der Waals surface area contributed by atoms with Crippen molar-refractivity contribution in [1.82, 2.24) is 10.3 Å². The molecule has 17 heavy (non-hydrogen) atoms. The maximum Gasteiger partial charge on any atom is 0.0586 e. The summed E-state index contributed by atoms with van der Waals surface area (Å²) in [5, 5.41) is 3.62. The van der Waals surface area contributed by atoms with E-state index in [-0.39, 0.29) is 0 Å². The first kappa shape index (κ1) is 12.5. The number of hydrogen-bond donors (Lipinski definition) is 1. The average molecular weight is 234 g/mol. The van der Waals surface area contributed by atoms with Crippen LogP contribution in [0.2, 0.25) is 0 Å². The van der Waals surface area contributed by atoms with Crippen molar-refractivity contribution in [2.24, 2.45) is 0 Å². The molecule has 2 rings (SSSR count). The molecule has 1 aliphatic rings. The van der Waals surface area contributed by atoms with Crippen LogP contribution in [0, 0.1) is 6.92 Å². The highest BCUT2D eigenvalue weighted by atomic mass is 16.5. The quantitative estimate of drug-likeness (QED) is 0.869. The predicted molar refractivity (Wildman–Crippen MR) is 68.9 cm³/mol. The summed E-state index contributed by atoms with van der Waals surface area (Å²) in [6.07, 6.45) is 9.12. The lowest BCUT2D eigenvalue weighted by molar-refractivity contribution is 0.0586. The zero-order valence-corrected chi connectivity index (χ0v) is 10.8. The fourth-order valence-electron chi connectivity index (χ4n) is 2.48. The molecule has 1 aromatic heterocycles. The molecule has 1 aliphatic carbocycles. The third kappa shape index (κ3) is 3.51. The van der Waals surface area contributed by atoms with E-state index in [0.29, 0.717) is 12.1 Å². The van der Waals surface area contributed by atoms with Gasteiger partial charge in [-0.25, -0.2) is 0 Å². The van der Waals surface area contributed by atoms with Gasteiger partial charge in [-0.3, -0.25) is 4.98 Å². The molecule has 2 unspecified atom stereocenters. The summed E-state index contributed by atoms with van der Waals surface area (Å²) in [5.41, 5.74) is 2.61. The van der Waals surface area contributed by atoms with Crippen molar-refractivity contribution in [3.8, 4) is 0 Å². The monoisotopic (exact) mass is 234 g/mol. The molecule has 0 bridgehead atoms. The van der Waals surface area contributed by atoms with Crippen LogP contribution in [-0.2, 0) is 11.3 Å². The average Bonchev–Trinajstić information content (AvgIpc) is 2.38. The van der Waals surface area contributed by atoms with Gasteiger partial charge in [0.2, 0.25) is 0 Å². The molecule has 3 nitrogen and oxygen atoms in total. The second-order valence-electron chi connectivity index (χ2n) is 4.90. The standard InChI is InChI=1S/C14H22N2O/c1-11-6-7-15-9-12(11)10-16-13-4-3-5-14(8-13)17-2/h6-7,9,13-14,16H,3-5,8,10H2,1-2H3. The highest BCUT2D eigenvalue weighted by Gasteiger charge is 2.21. The number of aryl methyl sites for hydroxylation is 1. The highest BCUT2D eigenvalue weighted by Crippen LogP contribution is 2.21. The largest absolute Gasteiger partial charge is 0.381 e. The number of hydrogen-bond acceptors (Lipinski definition) is 3. The lowest BCUT2D eigenvalue weighted by atomic mass is 9.92. The summed E-state index contributed by atoms with van der Waals surface area (Å²) in [5.74, 6) is 0. The van der Waals surface area contributed by atoms with Crippen molar-refractivity contribution in [2.75, 3.05) is 7.11 Å². The van der Waals surface area contributed by atoms with Crippen LogP contribution in [0.1, 0.15) is 36.8 Å². The first-order chi connectivity index (χ1) is 8.29. The zero-order valence-electron chi connectivity index (χ0n) is 10.8. The van der Waals surface area contributed by atoms with Gasteiger partial charge in [-0.15, -0.1) is 0 Å². The van der Waals surface area contributed by atoms with Crippen LogP contribution in [-0.4, -0.2) is 24.2 Å². The molecular formula is C14H22N2O. The number of methoxy groups -OCH3 is 1. The van der Waals surface area contributed by atoms with Crippen molar-refractivity contribution >= 4 is 0 Å². The molecule has 0 spiro atoms. The molecule has 1 heterocycles.